The number of hydrogen-bond donors (Lipinski definition) is 1. The van der Waals surface area contributed by atoms with E-state index in [9.17, 15) is 14.9 Å². The van der Waals surface area contributed by atoms with Gasteiger partial charge in [-0.3, -0.25) is 14.9 Å². The first-order valence-electron chi connectivity index (χ1n) is 7.71. The Balaban J connectivity index is 1.90. The van der Waals surface area contributed by atoms with E-state index in [1.165, 1.54) is 10.6 Å². The largest absolute Gasteiger partial charge is 0.366 e. The van der Waals surface area contributed by atoms with Gasteiger partial charge in [-0.05, 0) is 17.7 Å². The Morgan fingerprint density at radius 3 is 2.35 bits per heavy atom. The molecule has 128 valence electrons. The maximum atomic E-state index is 12.7. The molecule has 0 aliphatic carbocycles. The van der Waals surface area contributed by atoms with Gasteiger partial charge >= 0.3 is 11.2 Å². The summed E-state index contributed by atoms with van der Waals surface area (Å²) in [6.07, 6.45) is 1.53. The van der Waals surface area contributed by atoms with E-state index in [4.69, 9.17) is 0 Å². The lowest BCUT2D eigenvalue weighted by atomic mass is 10.2. The van der Waals surface area contributed by atoms with Crippen LogP contribution in [-0.4, -0.2) is 19.3 Å². The molecule has 0 unspecified atom stereocenters. The highest BCUT2D eigenvalue weighted by Crippen LogP contribution is 2.31. The van der Waals surface area contributed by atoms with Crippen molar-refractivity contribution in [1.29, 1.82) is 0 Å². The minimum Gasteiger partial charge on any atom is -0.323 e. The molecule has 2 aromatic heterocycles. The van der Waals surface area contributed by atoms with Gasteiger partial charge in [-0.1, -0.05) is 60.3 Å². The fourth-order valence-corrected chi connectivity index (χ4v) is 3.49. The van der Waals surface area contributed by atoms with Gasteiger partial charge in [-0.2, -0.15) is 4.98 Å². The molecule has 0 radical (unpaired) electrons. The second-order valence-corrected chi connectivity index (χ2v) is 6.53. The van der Waals surface area contributed by atoms with E-state index in [0.29, 0.717) is 5.69 Å². The molecule has 8 heteroatoms. The number of rotatable bonds is 4. The molecule has 0 atom stereocenters. The SMILES string of the molecule is O=c1c([N+](=O)[O-])c(Sc2ccccc2)nc2[nH]c(-c3ccccc3)cn12. The number of nitrogens with one attached hydrogen (secondary N) is 1. The lowest BCUT2D eigenvalue weighted by Crippen LogP contribution is -2.18. The minimum atomic E-state index is -0.711. The Labute approximate surface area is 151 Å². The molecule has 0 spiro atoms. The predicted octanol–water partition coefficient (Wildman–Crippen LogP) is 3.75. The molecule has 0 saturated heterocycles. The van der Waals surface area contributed by atoms with Gasteiger partial charge in [0.2, 0.25) is 5.78 Å². The van der Waals surface area contributed by atoms with Crippen molar-refractivity contribution in [3.63, 3.8) is 0 Å². The Morgan fingerprint density at radius 2 is 1.69 bits per heavy atom. The summed E-state index contributed by atoms with van der Waals surface area (Å²) in [5.74, 6) is 0.262. The van der Waals surface area contributed by atoms with Gasteiger partial charge in [-0.15, -0.1) is 0 Å². The summed E-state index contributed by atoms with van der Waals surface area (Å²) < 4.78 is 1.18. The van der Waals surface area contributed by atoms with Gasteiger partial charge in [-0.25, -0.2) is 4.40 Å². The van der Waals surface area contributed by atoms with Crippen LogP contribution in [0.5, 0.6) is 0 Å². The highest BCUT2D eigenvalue weighted by molar-refractivity contribution is 7.99. The molecule has 2 heterocycles. The summed E-state index contributed by atoms with van der Waals surface area (Å²) in [6, 6.07) is 18.5. The van der Waals surface area contributed by atoms with Crippen molar-refractivity contribution in [1.82, 2.24) is 14.4 Å². The number of hydrogen-bond acceptors (Lipinski definition) is 5. The van der Waals surface area contributed by atoms with Crippen LogP contribution in [0, 0.1) is 10.1 Å². The van der Waals surface area contributed by atoms with Crippen LogP contribution in [0.15, 0.2) is 81.6 Å². The summed E-state index contributed by atoms with van der Waals surface area (Å²) >= 11 is 1.09. The van der Waals surface area contributed by atoms with Gasteiger partial charge in [0.05, 0.1) is 10.6 Å². The third-order valence-corrected chi connectivity index (χ3v) is 4.78. The summed E-state index contributed by atoms with van der Waals surface area (Å²) in [5.41, 5.74) is 0.274. The minimum absolute atomic E-state index is 0.0626. The zero-order valence-corrected chi connectivity index (χ0v) is 14.1. The molecular formula is C18H12N4O3S. The zero-order valence-electron chi connectivity index (χ0n) is 13.3. The Bertz CT molecular complexity index is 1150. The van der Waals surface area contributed by atoms with E-state index >= 15 is 0 Å². The maximum Gasteiger partial charge on any atom is 0.366 e. The molecule has 0 amide bonds. The van der Waals surface area contributed by atoms with Crippen molar-refractivity contribution >= 4 is 23.2 Å². The first-order chi connectivity index (χ1) is 12.6. The van der Waals surface area contributed by atoms with Crippen LogP contribution < -0.4 is 5.56 Å². The summed E-state index contributed by atoms with van der Waals surface area (Å²) in [4.78, 5) is 31.6. The number of H-pyrrole nitrogens is 1. The molecule has 0 bridgehead atoms. The topological polar surface area (TPSA) is 93.3 Å². The normalized spacial score (nSPS) is 10.9. The molecule has 26 heavy (non-hydrogen) atoms. The van der Waals surface area contributed by atoms with Crippen molar-refractivity contribution in [2.75, 3.05) is 0 Å². The van der Waals surface area contributed by atoms with Crippen molar-refractivity contribution in [3.8, 4) is 11.3 Å². The van der Waals surface area contributed by atoms with Crippen LogP contribution in [0.25, 0.3) is 17.0 Å². The average molecular weight is 364 g/mol. The molecule has 1 N–H and O–H groups in total. The van der Waals surface area contributed by atoms with E-state index in [-0.39, 0.29) is 10.8 Å². The lowest BCUT2D eigenvalue weighted by Gasteiger charge is -2.02. The van der Waals surface area contributed by atoms with Crippen molar-refractivity contribution < 1.29 is 4.92 Å². The molecule has 0 aliphatic rings. The maximum absolute atomic E-state index is 12.7. The number of nitro groups is 1. The molecule has 4 aromatic rings. The Kier molecular flexibility index (Phi) is 4.02. The number of nitrogens with zero attached hydrogens (tertiary/aromatic N) is 3. The Morgan fingerprint density at radius 1 is 1.04 bits per heavy atom. The monoisotopic (exact) mass is 364 g/mol. The molecule has 0 aliphatic heterocycles. The molecule has 4 rings (SSSR count). The number of aromatic amines is 1. The van der Waals surface area contributed by atoms with Gasteiger partial charge in [0.1, 0.15) is 0 Å². The number of fused-ring (bicyclic) bond motifs is 1. The highest BCUT2D eigenvalue weighted by atomic mass is 32.2. The lowest BCUT2D eigenvalue weighted by molar-refractivity contribution is -0.389. The van der Waals surface area contributed by atoms with Crippen LogP contribution in [0.4, 0.5) is 5.69 Å². The quantitative estimate of drug-likeness (QED) is 0.338. The molecule has 0 fully saturated rings. The van der Waals surface area contributed by atoms with Gasteiger partial charge in [0, 0.05) is 11.1 Å². The van der Waals surface area contributed by atoms with E-state index in [1.54, 1.807) is 0 Å². The molecule has 2 aromatic carbocycles. The summed E-state index contributed by atoms with van der Waals surface area (Å²) in [6.45, 7) is 0. The van der Waals surface area contributed by atoms with Crippen molar-refractivity contribution in [3.05, 3.63) is 87.3 Å². The van der Waals surface area contributed by atoms with Gasteiger partial charge in [0.25, 0.3) is 0 Å². The second kappa shape index (κ2) is 6.49. The van der Waals surface area contributed by atoms with Crippen LogP contribution in [0.1, 0.15) is 0 Å². The highest BCUT2D eigenvalue weighted by Gasteiger charge is 2.25. The van der Waals surface area contributed by atoms with Crippen molar-refractivity contribution in [2.45, 2.75) is 9.92 Å². The first kappa shape index (κ1) is 16.1. The van der Waals surface area contributed by atoms with Gasteiger partial charge in [0.15, 0.2) is 5.03 Å². The standard InChI is InChI=1S/C18H12N4O3S/c23-17-15(22(24)25)16(26-13-9-5-2-6-10-13)20-18-19-14(11-21(17)18)12-7-3-1-4-8-12/h1-11H,(H,19,20). The predicted molar refractivity (Wildman–Crippen MR) is 98.5 cm³/mol. The third-order valence-electron chi connectivity index (χ3n) is 3.79. The van der Waals surface area contributed by atoms with Gasteiger partial charge < -0.3 is 4.98 Å². The Hall–Kier alpha value is -3.39. The average Bonchev–Trinajstić information content (AvgIpc) is 3.08. The fraction of sp³-hybridized carbons (Fsp3) is 0. The number of imidazole rings is 1. The molecule has 7 nitrogen and oxygen atoms in total. The number of aromatic nitrogens is 3. The van der Waals surface area contributed by atoms with E-state index < -0.39 is 16.2 Å². The van der Waals surface area contributed by atoms with Crippen LogP contribution in [-0.2, 0) is 0 Å². The second-order valence-electron chi connectivity index (χ2n) is 5.47. The number of benzene rings is 2. The van der Waals surface area contributed by atoms with E-state index in [2.05, 4.69) is 9.97 Å². The summed E-state index contributed by atoms with van der Waals surface area (Å²) in [5, 5.41) is 11.5. The van der Waals surface area contributed by atoms with Crippen LogP contribution in [0.3, 0.4) is 0 Å². The molecule has 0 saturated carbocycles. The van der Waals surface area contributed by atoms with E-state index in [1.807, 2.05) is 60.7 Å². The van der Waals surface area contributed by atoms with Crippen molar-refractivity contribution in [2.24, 2.45) is 0 Å². The van der Waals surface area contributed by atoms with Crippen LogP contribution in [0.2, 0.25) is 0 Å². The fourth-order valence-electron chi connectivity index (χ4n) is 2.59. The first-order valence-corrected chi connectivity index (χ1v) is 8.53. The summed E-state index contributed by atoms with van der Waals surface area (Å²) in [7, 11) is 0. The van der Waals surface area contributed by atoms with Crippen LogP contribution >= 0.6 is 11.8 Å². The smallest absolute Gasteiger partial charge is 0.323 e. The molecular weight excluding hydrogens is 352 g/mol. The third kappa shape index (κ3) is 2.86. The zero-order chi connectivity index (χ0) is 18.1. The van der Waals surface area contributed by atoms with E-state index in [0.717, 1.165) is 22.2 Å².